The third-order valence-electron chi connectivity index (χ3n) is 5.02. The minimum atomic E-state index is -0.528. The van der Waals surface area contributed by atoms with Crippen molar-refractivity contribution >= 4 is 28.4 Å². The molecule has 0 unspecified atom stereocenters. The van der Waals surface area contributed by atoms with Crippen LogP contribution in [0.15, 0.2) is 42.5 Å². The highest BCUT2D eigenvalue weighted by Crippen LogP contribution is 2.30. The first-order valence-corrected chi connectivity index (χ1v) is 9.72. The minimum Gasteiger partial charge on any atom is -0.379 e. The van der Waals surface area contributed by atoms with Gasteiger partial charge in [-0.2, -0.15) is 0 Å². The highest BCUT2D eigenvalue weighted by Gasteiger charge is 2.36. The molecule has 3 rings (SSSR count). The molecule has 0 N–H and O–H groups in total. The van der Waals surface area contributed by atoms with Crippen LogP contribution in [-0.4, -0.2) is 42.5 Å². The van der Waals surface area contributed by atoms with Gasteiger partial charge in [-0.15, -0.1) is 0 Å². The molecule has 1 aliphatic heterocycles. The molecule has 4 heteroatoms. The van der Waals surface area contributed by atoms with Crippen LogP contribution in [0, 0.1) is 10.5 Å². The van der Waals surface area contributed by atoms with E-state index in [1.807, 2.05) is 32.0 Å². The largest absolute Gasteiger partial charge is 0.379 e. The van der Waals surface area contributed by atoms with Crippen molar-refractivity contribution in [2.75, 3.05) is 26.3 Å². The van der Waals surface area contributed by atoms with Crippen LogP contribution >= 0.6 is 22.6 Å². The number of hydrogen-bond acceptors (Lipinski definition) is 3. The molecule has 1 heterocycles. The van der Waals surface area contributed by atoms with Gasteiger partial charge in [0.25, 0.3) is 0 Å². The van der Waals surface area contributed by atoms with Crippen LogP contribution in [0.2, 0.25) is 0 Å². The standard InChI is InChI=1S/C21H24INO2/c1-15-8-9-16(14-18(15)17-6-4-5-7-19(17)22)20(24)21(2,3)23-10-12-25-13-11-23/h4-9,14H,10-13H2,1-3H3. The number of aryl methyl sites for hydroxylation is 1. The third kappa shape index (κ3) is 3.81. The summed E-state index contributed by atoms with van der Waals surface area (Å²) in [6.07, 6.45) is 0. The van der Waals surface area contributed by atoms with E-state index in [9.17, 15) is 4.79 Å². The van der Waals surface area contributed by atoms with Crippen LogP contribution in [-0.2, 0) is 4.74 Å². The summed E-state index contributed by atoms with van der Waals surface area (Å²) in [5.41, 5.74) is 3.75. The van der Waals surface area contributed by atoms with Crippen molar-refractivity contribution in [1.82, 2.24) is 4.90 Å². The molecule has 0 saturated carbocycles. The molecule has 2 aromatic carbocycles. The molecule has 0 aliphatic carbocycles. The van der Waals surface area contributed by atoms with E-state index in [0.29, 0.717) is 13.2 Å². The van der Waals surface area contributed by atoms with E-state index in [4.69, 9.17) is 4.74 Å². The van der Waals surface area contributed by atoms with E-state index in [1.54, 1.807) is 0 Å². The molecule has 132 valence electrons. The second-order valence-corrected chi connectivity index (χ2v) is 8.16. The number of carbonyl (C=O) groups is 1. The van der Waals surface area contributed by atoms with Crippen molar-refractivity contribution in [3.63, 3.8) is 0 Å². The zero-order valence-corrected chi connectivity index (χ0v) is 17.2. The molecular weight excluding hydrogens is 425 g/mol. The SMILES string of the molecule is Cc1ccc(C(=O)C(C)(C)N2CCOCC2)cc1-c1ccccc1I. The fraction of sp³-hybridized carbons (Fsp3) is 0.381. The Morgan fingerprint density at radius 2 is 1.76 bits per heavy atom. The Kier molecular flexibility index (Phi) is 5.61. The predicted molar refractivity (Wildman–Crippen MR) is 110 cm³/mol. The Morgan fingerprint density at radius 3 is 2.44 bits per heavy atom. The summed E-state index contributed by atoms with van der Waals surface area (Å²) in [6, 6.07) is 14.4. The van der Waals surface area contributed by atoms with Crippen LogP contribution < -0.4 is 0 Å². The molecule has 0 atom stereocenters. The number of nitrogens with zero attached hydrogens (tertiary/aromatic N) is 1. The van der Waals surface area contributed by atoms with Crippen molar-refractivity contribution in [3.8, 4) is 11.1 Å². The number of rotatable bonds is 4. The highest BCUT2D eigenvalue weighted by atomic mass is 127. The van der Waals surface area contributed by atoms with Crippen molar-refractivity contribution < 1.29 is 9.53 Å². The first-order valence-electron chi connectivity index (χ1n) is 8.64. The molecule has 1 fully saturated rings. The lowest BCUT2D eigenvalue weighted by Crippen LogP contribution is -2.54. The number of benzene rings is 2. The normalized spacial score (nSPS) is 16.0. The summed E-state index contributed by atoms with van der Waals surface area (Å²) in [7, 11) is 0. The number of ether oxygens (including phenoxy) is 1. The lowest BCUT2D eigenvalue weighted by atomic mass is 9.88. The van der Waals surface area contributed by atoms with Gasteiger partial charge in [0.1, 0.15) is 0 Å². The van der Waals surface area contributed by atoms with Gasteiger partial charge in [0, 0.05) is 22.2 Å². The molecule has 0 spiro atoms. The molecule has 0 aromatic heterocycles. The molecule has 1 aliphatic rings. The average Bonchev–Trinajstić information content (AvgIpc) is 2.63. The zero-order chi connectivity index (χ0) is 18.0. The molecule has 0 radical (unpaired) electrons. The number of ketones is 1. The van der Waals surface area contributed by atoms with Crippen molar-refractivity contribution in [3.05, 3.63) is 57.2 Å². The summed E-state index contributed by atoms with van der Waals surface area (Å²) in [5.74, 6) is 0.168. The molecule has 2 aromatic rings. The van der Waals surface area contributed by atoms with Gasteiger partial charge in [0.05, 0.1) is 18.8 Å². The number of Topliss-reactive ketones (excluding diaryl/α,β-unsaturated/α-hetero) is 1. The maximum absolute atomic E-state index is 13.3. The van der Waals surface area contributed by atoms with Gasteiger partial charge in [-0.25, -0.2) is 0 Å². The van der Waals surface area contributed by atoms with E-state index in [-0.39, 0.29) is 5.78 Å². The Labute approximate surface area is 163 Å². The molecule has 25 heavy (non-hydrogen) atoms. The van der Waals surface area contributed by atoms with E-state index < -0.39 is 5.54 Å². The number of carbonyl (C=O) groups excluding carboxylic acids is 1. The average molecular weight is 449 g/mol. The molecule has 0 bridgehead atoms. The fourth-order valence-corrected chi connectivity index (χ4v) is 4.03. The Bertz CT molecular complexity index is 779. The van der Waals surface area contributed by atoms with Crippen LogP contribution in [0.25, 0.3) is 11.1 Å². The molecule has 0 amide bonds. The molecule has 3 nitrogen and oxygen atoms in total. The summed E-state index contributed by atoms with van der Waals surface area (Å²) in [6.45, 7) is 9.12. The smallest absolute Gasteiger partial charge is 0.182 e. The van der Waals surface area contributed by atoms with Gasteiger partial charge in [0.15, 0.2) is 5.78 Å². The van der Waals surface area contributed by atoms with Gasteiger partial charge < -0.3 is 4.74 Å². The van der Waals surface area contributed by atoms with E-state index >= 15 is 0 Å². The highest BCUT2D eigenvalue weighted by molar-refractivity contribution is 14.1. The minimum absolute atomic E-state index is 0.168. The number of morpholine rings is 1. The van der Waals surface area contributed by atoms with Crippen LogP contribution in [0.4, 0.5) is 0 Å². The van der Waals surface area contributed by atoms with Crippen LogP contribution in [0.5, 0.6) is 0 Å². The zero-order valence-electron chi connectivity index (χ0n) is 15.0. The molecular formula is C21H24INO2. The first-order chi connectivity index (χ1) is 11.9. The van der Waals surface area contributed by atoms with E-state index in [2.05, 4.69) is 58.7 Å². The lowest BCUT2D eigenvalue weighted by Gasteiger charge is -2.39. The van der Waals surface area contributed by atoms with Gasteiger partial charge in [-0.1, -0.05) is 30.3 Å². The number of halogens is 1. The third-order valence-corrected chi connectivity index (χ3v) is 5.96. The van der Waals surface area contributed by atoms with Crippen LogP contribution in [0.1, 0.15) is 29.8 Å². The second kappa shape index (κ2) is 7.56. The number of hydrogen-bond donors (Lipinski definition) is 0. The van der Waals surface area contributed by atoms with Crippen molar-refractivity contribution in [2.24, 2.45) is 0 Å². The van der Waals surface area contributed by atoms with Crippen molar-refractivity contribution in [2.45, 2.75) is 26.3 Å². The summed E-state index contributed by atoms with van der Waals surface area (Å²) < 4.78 is 6.63. The quantitative estimate of drug-likeness (QED) is 0.507. The lowest BCUT2D eigenvalue weighted by molar-refractivity contribution is -0.00429. The maximum Gasteiger partial charge on any atom is 0.182 e. The summed E-state index contributed by atoms with van der Waals surface area (Å²) in [5, 5.41) is 0. The first kappa shape index (κ1) is 18.5. The van der Waals surface area contributed by atoms with Crippen LogP contribution in [0.3, 0.4) is 0 Å². The Balaban J connectivity index is 1.96. The Morgan fingerprint density at radius 1 is 1.08 bits per heavy atom. The fourth-order valence-electron chi connectivity index (χ4n) is 3.35. The monoisotopic (exact) mass is 449 g/mol. The van der Waals surface area contributed by atoms with Gasteiger partial charge in [-0.3, -0.25) is 9.69 Å². The van der Waals surface area contributed by atoms with Gasteiger partial charge in [-0.05, 0) is 72.2 Å². The second-order valence-electron chi connectivity index (χ2n) is 7.00. The Hall–Kier alpha value is -1.24. The maximum atomic E-state index is 13.3. The van der Waals surface area contributed by atoms with Gasteiger partial charge >= 0.3 is 0 Å². The van der Waals surface area contributed by atoms with E-state index in [0.717, 1.165) is 24.2 Å². The van der Waals surface area contributed by atoms with E-state index in [1.165, 1.54) is 14.7 Å². The summed E-state index contributed by atoms with van der Waals surface area (Å²) in [4.78, 5) is 15.5. The van der Waals surface area contributed by atoms with Gasteiger partial charge in [0.2, 0.25) is 0 Å². The topological polar surface area (TPSA) is 29.5 Å². The molecule has 1 saturated heterocycles. The summed E-state index contributed by atoms with van der Waals surface area (Å²) >= 11 is 2.35. The van der Waals surface area contributed by atoms with Crippen molar-refractivity contribution in [1.29, 1.82) is 0 Å². The predicted octanol–water partition coefficient (Wildman–Crippen LogP) is 4.56.